The Labute approximate surface area is 111 Å². The summed E-state index contributed by atoms with van der Waals surface area (Å²) in [6, 6.07) is -0.134. The summed E-state index contributed by atoms with van der Waals surface area (Å²) in [7, 11) is 1.71. The van der Waals surface area contributed by atoms with Crippen LogP contribution in [0.1, 0.15) is 18.5 Å². The molecule has 1 aromatic heterocycles. The zero-order valence-electron chi connectivity index (χ0n) is 10.5. The van der Waals surface area contributed by atoms with Crippen LogP contribution in [0.25, 0.3) is 0 Å². The predicted molar refractivity (Wildman–Crippen MR) is 70.6 cm³/mol. The van der Waals surface area contributed by atoms with Crippen LogP contribution in [0.2, 0.25) is 0 Å². The molecule has 2 amide bonds. The molecule has 5 nitrogen and oxygen atoms in total. The summed E-state index contributed by atoms with van der Waals surface area (Å²) < 4.78 is 0. The fourth-order valence-electron chi connectivity index (χ4n) is 1.79. The number of carbonyl (C=O) groups is 1. The molecule has 0 aliphatic heterocycles. The van der Waals surface area contributed by atoms with Gasteiger partial charge in [-0.1, -0.05) is 0 Å². The van der Waals surface area contributed by atoms with E-state index in [2.05, 4.69) is 10.3 Å². The van der Waals surface area contributed by atoms with Gasteiger partial charge in [0.25, 0.3) is 0 Å². The minimum atomic E-state index is -0.376. The summed E-state index contributed by atoms with van der Waals surface area (Å²) in [4.78, 5) is 17.4. The number of aliphatic hydroxyl groups excluding tert-OH is 1. The lowest BCUT2D eigenvalue weighted by Gasteiger charge is -2.21. The first-order valence-electron chi connectivity index (χ1n) is 6.21. The molecule has 0 bridgehead atoms. The van der Waals surface area contributed by atoms with E-state index < -0.39 is 0 Å². The number of rotatable bonds is 6. The molecule has 0 radical (unpaired) electrons. The van der Waals surface area contributed by atoms with Crippen LogP contribution in [0, 0.1) is 5.92 Å². The van der Waals surface area contributed by atoms with Crippen LogP contribution in [-0.4, -0.2) is 47.3 Å². The zero-order chi connectivity index (χ0) is 13.0. The summed E-state index contributed by atoms with van der Waals surface area (Å²) in [5.74, 6) is 0.398. The minimum Gasteiger partial charge on any atom is -0.391 e. The molecule has 1 aliphatic carbocycles. The van der Waals surface area contributed by atoms with E-state index in [-0.39, 0.29) is 12.1 Å². The second kappa shape index (κ2) is 6.15. The van der Waals surface area contributed by atoms with Crippen LogP contribution >= 0.6 is 11.3 Å². The maximum Gasteiger partial charge on any atom is 0.317 e. The van der Waals surface area contributed by atoms with Crippen molar-refractivity contribution >= 4 is 17.4 Å². The van der Waals surface area contributed by atoms with Crippen LogP contribution in [0.5, 0.6) is 0 Å². The first-order chi connectivity index (χ1) is 8.66. The standard InChI is InChI=1S/C12H19N3O2S/c1-15(6-11(16)9-2-3-9)12(17)13-5-4-10-7-18-8-14-10/h7-9,11,16H,2-6H2,1H3,(H,13,17). The van der Waals surface area contributed by atoms with E-state index >= 15 is 0 Å². The lowest BCUT2D eigenvalue weighted by atomic mass is 10.2. The Morgan fingerprint density at radius 2 is 2.50 bits per heavy atom. The van der Waals surface area contributed by atoms with Gasteiger partial charge in [0.2, 0.25) is 0 Å². The number of nitrogens with one attached hydrogen (secondary N) is 1. The Hall–Kier alpha value is -1.14. The summed E-state index contributed by atoms with van der Waals surface area (Å²) in [6.07, 6.45) is 2.54. The highest BCUT2D eigenvalue weighted by Crippen LogP contribution is 2.32. The van der Waals surface area contributed by atoms with Crippen molar-refractivity contribution in [1.82, 2.24) is 15.2 Å². The second-order valence-corrected chi connectivity index (χ2v) is 5.47. The lowest BCUT2D eigenvalue weighted by molar-refractivity contribution is 0.113. The van der Waals surface area contributed by atoms with E-state index in [0.29, 0.717) is 19.0 Å². The molecule has 2 rings (SSSR count). The van der Waals surface area contributed by atoms with Crippen molar-refractivity contribution in [3.8, 4) is 0 Å². The molecule has 100 valence electrons. The molecule has 2 N–H and O–H groups in total. The number of thiazole rings is 1. The number of amides is 2. The second-order valence-electron chi connectivity index (χ2n) is 4.75. The van der Waals surface area contributed by atoms with Gasteiger partial charge in [-0.25, -0.2) is 9.78 Å². The molecule has 1 aliphatic rings. The highest BCUT2D eigenvalue weighted by atomic mass is 32.1. The largest absolute Gasteiger partial charge is 0.391 e. The molecule has 0 spiro atoms. The highest BCUT2D eigenvalue weighted by molar-refractivity contribution is 7.07. The summed E-state index contributed by atoms with van der Waals surface area (Å²) in [5, 5.41) is 14.6. The molecule has 1 unspecified atom stereocenters. The van der Waals surface area contributed by atoms with Gasteiger partial charge in [0, 0.05) is 31.9 Å². The Morgan fingerprint density at radius 1 is 1.72 bits per heavy atom. The zero-order valence-corrected chi connectivity index (χ0v) is 11.3. The summed E-state index contributed by atoms with van der Waals surface area (Å²) in [6.45, 7) is 0.986. The number of aliphatic hydroxyl groups is 1. The number of carbonyl (C=O) groups excluding carboxylic acids is 1. The van der Waals surface area contributed by atoms with Crippen LogP contribution in [-0.2, 0) is 6.42 Å². The first-order valence-corrected chi connectivity index (χ1v) is 7.15. The molecule has 1 atom stereocenters. The van der Waals surface area contributed by atoms with E-state index in [0.717, 1.165) is 25.0 Å². The van der Waals surface area contributed by atoms with Crippen molar-refractivity contribution in [2.24, 2.45) is 5.92 Å². The predicted octanol–water partition coefficient (Wildman–Crippen LogP) is 1.10. The Balaban J connectivity index is 1.63. The van der Waals surface area contributed by atoms with E-state index in [4.69, 9.17) is 0 Å². The molecule has 1 fully saturated rings. The molecular formula is C12H19N3O2S. The van der Waals surface area contributed by atoms with Gasteiger partial charge in [-0.15, -0.1) is 11.3 Å². The molecule has 1 saturated carbocycles. The topological polar surface area (TPSA) is 65.5 Å². The van der Waals surface area contributed by atoms with Crippen LogP contribution in [0.15, 0.2) is 10.9 Å². The maximum absolute atomic E-state index is 11.7. The molecule has 6 heteroatoms. The Bertz CT molecular complexity index is 379. The SMILES string of the molecule is CN(CC(O)C1CC1)C(=O)NCCc1cscn1. The van der Waals surface area contributed by atoms with Gasteiger partial charge < -0.3 is 15.3 Å². The quantitative estimate of drug-likeness (QED) is 0.812. The van der Waals surface area contributed by atoms with Gasteiger partial charge in [-0.05, 0) is 18.8 Å². The molecule has 0 aromatic carbocycles. The lowest BCUT2D eigenvalue weighted by Crippen LogP contribution is -2.42. The van der Waals surface area contributed by atoms with Crippen LogP contribution < -0.4 is 5.32 Å². The smallest absolute Gasteiger partial charge is 0.317 e. The number of likely N-dealkylation sites (N-methyl/N-ethyl adjacent to an activating group) is 1. The third kappa shape index (κ3) is 3.96. The monoisotopic (exact) mass is 269 g/mol. The third-order valence-corrected chi connectivity index (χ3v) is 3.75. The molecular weight excluding hydrogens is 250 g/mol. The molecule has 0 saturated heterocycles. The number of hydrogen-bond acceptors (Lipinski definition) is 4. The Morgan fingerprint density at radius 3 is 3.11 bits per heavy atom. The number of nitrogens with zero attached hydrogens (tertiary/aromatic N) is 2. The minimum absolute atomic E-state index is 0.134. The number of urea groups is 1. The van der Waals surface area contributed by atoms with Crippen molar-refractivity contribution in [2.75, 3.05) is 20.1 Å². The van der Waals surface area contributed by atoms with Crippen LogP contribution in [0.3, 0.4) is 0 Å². The summed E-state index contributed by atoms with van der Waals surface area (Å²) >= 11 is 1.56. The molecule has 1 heterocycles. The fraction of sp³-hybridized carbons (Fsp3) is 0.667. The number of hydrogen-bond donors (Lipinski definition) is 2. The average Bonchev–Trinajstić information content (AvgIpc) is 3.08. The van der Waals surface area contributed by atoms with Gasteiger partial charge >= 0.3 is 6.03 Å². The van der Waals surface area contributed by atoms with Gasteiger partial charge in [0.1, 0.15) is 0 Å². The van der Waals surface area contributed by atoms with Crippen molar-refractivity contribution in [1.29, 1.82) is 0 Å². The van der Waals surface area contributed by atoms with Crippen molar-refractivity contribution in [3.63, 3.8) is 0 Å². The summed E-state index contributed by atoms with van der Waals surface area (Å²) in [5.41, 5.74) is 2.79. The van der Waals surface area contributed by atoms with E-state index in [1.165, 1.54) is 0 Å². The maximum atomic E-state index is 11.7. The van der Waals surface area contributed by atoms with Crippen molar-refractivity contribution < 1.29 is 9.90 Å². The van der Waals surface area contributed by atoms with Gasteiger partial charge in [-0.2, -0.15) is 0 Å². The van der Waals surface area contributed by atoms with E-state index in [9.17, 15) is 9.90 Å². The normalized spacial score (nSPS) is 16.3. The molecule has 1 aromatic rings. The van der Waals surface area contributed by atoms with Gasteiger partial charge in [0.15, 0.2) is 0 Å². The third-order valence-electron chi connectivity index (χ3n) is 3.11. The van der Waals surface area contributed by atoms with Crippen LogP contribution in [0.4, 0.5) is 4.79 Å². The van der Waals surface area contributed by atoms with Gasteiger partial charge in [-0.3, -0.25) is 0 Å². The van der Waals surface area contributed by atoms with E-state index in [1.54, 1.807) is 28.8 Å². The van der Waals surface area contributed by atoms with Crippen molar-refractivity contribution in [3.05, 3.63) is 16.6 Å². The fourth-order valence-corrected chi connectivity index (χ4v) is 2.38. The van der Waals surface area contributed by atoms with Crippen molar-refractivity contribution in [2.45, 2.75) is 25.4 Å². The number of aromatic nitrogens is 1. The first kappa shape index (κ1) is 13.3. The molecule has 18 heavy (non-hydrogen) atoms. The Kier molecular flexibility index (Phi) is 4.54. The van der Waals surface area contributed by atoms with E-state index in [1.807, 2.05) is 5.38 Å². The highest BCUT2D eigenvalue weighted by Gasteiger charge is 2.31. The average molecular weight is 269 g/mol. The van der Waals surface area contributed by atoms with Gasteiger partial charge in [0.05, 0.1) is 17.3 Å².